The first-order valence-corrected chi connectivity index (χ1v) is 7.27. The third-order valence-electron chi connectivity index (χ3n) is 2.83. The first-order chi connectivity index (χ1) is 10.0. The third-order valence-corrected chi connectivity index (χ3v) is 3.94. The molecule has 2 aromatic rings. The summed E-state index contributed by atoms with van der Waals surface area (Å²) >= 11 is 0. The SMILES string of the molecule is COc1cccc(C(=O)c2ccccc2)c1S(=O)(=O)OO.[H-].[Na+]. The van der Waals surface area contributed by atoms with Crippen molar-refractivity contribution >= 4 is 15.9 Å². The maximum Gasteiger partial charge on any atom is 1.00 e. The predicted molar refractivity (Wildman–Crippen MR) is 74.9 cm³/mol. The van der Waals surface area contributed by atoms with Gasteiger partial charge in [0.1, 0.15) is 10.6 Å². The van der Waals surface area contributed by atoms with Crippen LogP contribution in [0.4, 0.5) is 0 Å². The van der Waals surface area contributed by atoms with Crippen LogP contribution in [0.15, 0.2) is 53.4 Å². The molecular weight excluding hydrogens is 319 g/mol. The Morgan fingerprint density at radius 3 is 2.27 bits per heavy atom. The summed E-state index contributed by atoms with van der Waals surface area (Å²) < 4.78 is 32.1. The zero-order valence-electron chi connectivity index (χ0n) is 13.0. The van der Waals surface area contributed by atoms with Gasteiger partial charge in [0.15, 0.2) is 5.78 Å². The smallest absolute Gasteiger partial charge is 1.00 e. The summed E-state index contributed by atoms with van der Waals surface area (Å²) in [6.45, 7) is 0. The van der Waals surface area contributed by atoms with Crippen molar-refractivity contribution in [2.75, 3.05) is 7.11 Å². The topological polar surface area (TPSA) is 89.9 Å². The van der Waals surface area contributed by atoms with Crippen LogP contribution < -0.4 is 34.3 Å². The molecule has 8 heteroatoms. The summed E-state index contributed by atoms with van der Waals surface area (Å²) in [6, 6.07) is 12.3. The van der Waals surface area contributed by atoms with E-state index < -0.39 is 20.8 Å². The minimum atomic E-state index is -4.51. The fourth-order valence-corrected chi connectivity index (χ4v) is 2.80. The van der Waals surface area contributed by atoms with Crippen LogP contribution in [0.3, 0.4) is 0 Å². The van der Waals surface area contributed by atoms with Gasteiger partial charge in [-0.15, -0.1) is 4.33 Å². The zero-order valence-corrected chi connectivity index (χ0v) is 14.8. The summed E-state index contributed by atoms with van der Waals surface area (Å²) in [7, 11) is -3.26. The van der Waals surface area contributed by atoms with E-state index in [1.807, 2.05) is 0 Å². The van der Waals surface area contributed by atoms with Gasteiger partial charge in [0, 0.05) is 11.1 Å². The Hall–Kier alpha value is -1.22. The van der Waals surface area contributed by atoms with E-state index in [4.69, 9.17) is 9.99 Å². The van der Waals surface area contributed by atoms with Gasteiger partial charge in [-0.3, -0.25) is 4.79 Å². The van der Waals surface area contributed by atoms with E-state index in [1.165, 1.54) is 25.3 Å². The number of ketones is 1. The van der Waals surface area contributed by atoms with Gasteiger partial charge in [0.2, 0.25) is 0 Å². The van der Waals surface area contributed by atoms with Crippen molar-refractivity contribution in [3.8, 4) is 5.75 Å². The fourth-order valence-electron chi connectivity index (χ4n) is 1.90. The third kappa shape index (κ3) is 3.75. The Morgan fingerprint density at radius 1 is 1.09 bits per heavy atom. The van der Waals surface area contributed by atoms with Crippen molar-refractivity contribution in [3.05, 3.63) is 59.7 Å². The Morgan fingerprint density at radius 2 is 1.73 bits per heavy atom. The van der Waals surface area contributed by atoms with Crippen LogP contribution in [0.1, 0.15) is 17.3 Å². The van der Waals surface area contributed by atoms with Crippen LogP contribution in [0, 0.1) is 0 Å². The maximum atomic E-state index is 12.4. The molecule has 0 heterocycles. The summed E-state index contributed by atoms with van der Waals surface area (Å²) in [4.78, 5) is 11.9. The van der Waals surface area contributed by atoms with Gasteiger partial charge in [-0.1, -0.05) is 36.4 Å². The molecule has 0 fully saturated rings. The van der Waals surface area contributed by atoms with Gasteiger partial charge < -0.3 is 6.16 Å². The van der Waals surface area contributed by atoms with Crippen LogP contribution in [-0.4, -0.2) is 26.6 Å². The molecule has 0 amide bonds. The van der Waals surface area contributed by atoms with Gasteiger partial charge in [-0.05, 0) is 12.1 Å². The predicted octanol–water partition coefficient (Wildman–Crippen LogP) is -0.779. The molecule has 0 aliphatic heterocycles. The molecule has 0 saturated heterocycles. The first kappa shape index (κ1) is 18.8. The van der Waals surface area contributed by atoms with Crippen LogP contribution in [0.25, 0.3) is 0 Å². The molecule has 0 aliphatic rings. The number of benzene rings is 2. The van der Waals surface area contributed by atoms with Crippen LogP contribution >= 0.6 is 0 Å². The molecular formula is C14H13NaO6S. The van der Waals surface area contributed by atoms with Crippen molar-refractivity contribution in [1.82, 2.24) is 0 Å². The quantitative estimate of drug-likeness (QED) is 0.334. The van der Waals surface area contributed by atoms with Crippen LogP contribution in [0.2, 0.25) is 0 Å². The Bertz CT molecular complexity index is 764. The normalized spacial score (nSPS) is 10.6. The second-order valence-electron chi connectivity index (χ2n) is 4.06. The van der Waals surface area contributed by atoms with E-state index in [9.17, 15) is 13.2 Å². The molecule has 0 saturated carbocycles. The molecule has 0 unspecified atom stereocenters. The molecule has 0 aliphatic carbocycles. The fraction of sp³-hybridized carbons (Fsp3) is 0.0714. The number of carbonyl (C=O) groups excluding carboxylic acids is 1. The molecule has 2 aromatic carbocycles. The molecule has 0 spiro atoms. The Labute approximate surface area is 151 Å². The van der Waals surface area contributed by atoms with Gasteiger partial charge in [-0.2, -0.15) is 8.42 Å². The second kappa shape index (κ2) is 7.87. The first-order valence-electron chi connectivity index (χ1n) is 5.86. The monoisotopic (exact) mass is 332 g/mol. The zero-order chi connectivity index (χ0) is 15.5. The molecule has 0 bridgehead atoms. The number of carbonyl (C=O) groups is 1. The number of hydrogen-bond acceptors (Lipinski definition) is 6. The van der Waals surface area contributed by atoms with Crippen molar-refractivity contribution < 1.29 is 58.5 Å². The van der Waals surface area contributed by atoms with E-state index in [-0.39, 0.29) is 42.3 Å². The molecule has 22 heavy (non-hydrogen) atoms. The largest absolute Gasteiger partial charge is 1.00 e. The van der Waals surface area contributed by atoms with Crippen molar-refractivity contribution in [2.45, 2.75) is 4.90 Å². The van der Waals surface area contributed by atoms with Crippen molar-refractivity contribution in [3.63, 3.8) is 0 Å². The van der Waals surface area contributed by atoms with Crippen LogP contribution in [0.5, 0.6) is 5.75 Å². The number of hydrogen-bond donors (Lipinski definition) is 1. The molecule has 6 nitrogen and oxygen atoms in total. The molecule has 1 N–H and O–H groups in total. The maximum absolute atomic E-state index is 12.4. The van der Waals surface area contributed by atoms with Crippen LogP contribution in [-0.2, 0) is 14.5 Å². The standard InChI is InChI=1S/C14H12O6S.Na.H/c1-19-12-9-5-8-11(14(12)21(17,18)20-16)13(15)10-6-3-2-4-7-10;;/h2-9,16H,1H3;;/q;+1;-1. The van der Waals surface area contributed by atoms with Gasteiger partial charge >= 0.3 is 39.7 Å². The van der Waals surface area contributed by atoms with Gasteiger partial charge in [0.25, 0.3) is 0 Å². The molecule has 0 atom stereocenters. The molecule has 0 aromatic heterocycles. The Balaban J connectivity index is 0.00000242. The summed E-state index contributed by atoms with van der Waals surface area (Å²) in [5.41, 5.74) is 0.162. The van der Waals surface area contributed by atoms with E-state index in [1.54, 1.807) is 30.3 Å². The van der Waals surface area contributed by atoms with Crippen molar-refractivity contribution in [1.29, 1.82) is 0 Å². The number of methoxy groups -OCH3 is 1. The molecule has 112 valence electrons. The van der Waals surface area contributed by atoms with E-state index in [0.717, 1.165) is 0 Å². The summed E-state index contributed by atoms with van der Waals surface area (Å²) in [5, 5.41) is 8.59. The number of ether oxygens (including phenoxy) is 1. The summed E-state index contributed by atoms with van der Waals surface area (Å²) in [5.74, 6) is -0.615. The van der Waals surface area contributed by atoms with E-state index in [2.05, 4.69) is 4.33 Å². The average molecular weight is 332 g/mol. The average Bonchev–Trinajstić information content (AvgIpc) is 2.54. The Kier molecular flexibility index (Phi) is 6.73. The van der Waals surface area contributed by atoms with Gasteiger partial charge in [-0.25, -0.2) is 5.26 Å². The van der Waals surface area contributed by atoms with E-state index in [0.29, 0.717) is 5.56 Å². The molecule has 0 radical (unpaired) electrons. The second-order valence-corrected chi connectivity index (χ2v) is 5.53. The molecule has 2 rings (SSSR count). The number of rotatable bonds is 5. The van der Waals surface area contributed by atoms with Crippen molar-refractivity contribution in [2.24, 2.45) is 0 Å². The van der Waals surface area contributed by atoms with Gasteiger partial charge in [0.05, 0.1) is 7.11 Å². The van der Waals surface area contributed by atoms with E-state index >= 15 is 0 Å². The minimum Gasteiger partial charge on any atom is -1.00 e. The summed E-state index contributed by atoms with van der Waals surface area (Å²) in [6.07, 6.45) is 0. The minimum absolute atomic E-state index is 0.